The van der Waals surface area contributed by atoms with E-state index < -0.39 is 0 Å². The number of carbonyl (C=O) groups is 1. The van der Waals surface area contributed by atoms with Crippen molar-refractivity contribution in [3.8, 4) is 0 Å². The van der Waals surface area contributed by atoms with E-state index in [1.54, 1.807) is 0 Å². The number of nitrogens with zero attached hydrogens (tertiary/aromatic N) is 2. The molecule has 0 saturated carbocycles. The van der Waals surface area contributed by atoms with E-state index >= 15 is 0 Å². The molecule has 2 aliphatic rings. The summed E-state index contributed by atoms with van der Waals surface area (Å²) in [6, 6.07) is 16.2. The Morgan fingerprint density at radius 2 is 1.97 bits per heavy atom. The Kier molecular flexibility index (Phi) is 5.63. The van der Waals surface area contributed by atoms with Crippen molar-refractivity contribution in [3.05, 3.63) is 87.2 Å². The van der Waals surface area contributed by atoms with Gasteiger partial charge in [0.1, 0.15) is 0 Å². The van der Waals surface area contributed by atoms with E-state index in [-0.39, 0.29) is 24.4 Å². The lowest BCUT2D eigenvalue weighted by Crippen LogP contribution is -2.40. The maximum absolute atomic E-state index is 13.6. The third kappa shape index (κ3) is 3.66. The molecule has 0 bridgehead atoms. The summed E-state index contributed by atoms with van der Waals surface area (Å²) in [5, 5.41) is 11.5. The number of hydrogen-bond acceptors (Lipinski definition) is 3. The van der Waals surface area contributed by atoms with E-state index in [1.165, 1.54) is 5.56 Å². The third-order valence-electron chi connectivity index (χ3n) is 5.75. The molecule has 0 aliphatic carbocycles. The number of aromatic nitrogens is 2. The Morgan fingerprint density at radius 3 is 2.79 bits per heavy atom. The monoisotopic (exact) mass is 428 g/mol. The van der Waals surface area contributed by atoms with Gasteiger partial charge in [0, 0.05) is 42.3 Å². The van der Waals surface area contributed by atoms with Crippen LogP contribution in [0.1, 0.15) is 44.5 Å². The van der Waals surface area contributed by atoms with Crippen molar-refractivity contribution in [1.29, 1.82) is 0 Å². The Morgan fingerprint density at radius 1 is 1.14 bits per heavy atom. The standard InChI is InChI=1S/C22H21ClN4O.ClH/c23-17-7-6-15-11-20(14-4-2-1-3-5-14)27(13-16(15)10-17)22(28)21-18-12-24-9-8-19(18)25-26-21;/h1-7,10,20,24H,8-9,11-13H2,(H,25,26);1H. The second-order valence-corrected chi connectivity index (χ2v) is 7.87. The molecule has 5 rings (SSSR count). The molecular weight excluding hydrogens is 407 g/mol. The highest BCUT2D eigenvalue weighted by atomic mass is 35.5. The molecule has 0 saturated heterocycles. The van der Waals surface area contributed by atoms with Crippen LogP contribution < -0.4 is 5.32 Å². The first kappa shape index (κ1) is 20.0. The second kappa shape index (κ2) is 8.19. The Bertz CT molecular complexity index is 1030. The summed E-state index contributed by atoms with van der Waals surface area (Å²) >= 11 is 6.22. The van der Waals surface area contributed by atoms with Crippen LogP contribution in [-0.2, 0) is 25.9 Å². The zero-order chi connectivity index (χ0) is 19.1. The Labute approximate surface area is 180 Å². The number of carbonyl (C=O) groups excluding carboxylic acids is 1. The lowest BCUT2D eigenvalue weighted by atomic mass is 9.89. The average molecular weight is 429 g/mol. The number of rotatable bonds is 2. The van der Waals surface area contributed by atoms with Gasteiger partial charge < -0.3 is 10.2 Å². The fourth-order valence-corrected chi connectivity index (χ4v) is 4.47. The molecule has 2 aromatic carbocycles. The molecule has 0 radical (unpaired) electrons. The molecule has 150 valence electrons. The number of aromatic amines is 1. The SMILES string of the molecule is Cl.O=C(c1n[nH]c2c1CNCC2)N1Cc2cc(Cl)ccc2CC1c1ccccc1. The van der Waals surface area contributed by atoms with E-state index in [2.05, 4.69) is 33.7 Å². The zero-order valence-electron chi connectivity index (χ0n) is 15.8. The van der Waals surface area contributed by atoms with E-state index in [0.29, 0.717) is 23.8 Å². The number of H-pyrrole nitrogens is 1. The van der Waals surface area contributed by atoms with Crippen LogP contribution >= 0.6 is 24.0 Å². The lowest BCUT2D eigenvalue weighted by molar-refractivity contribution is 0.0630. The summed E-state index contributed by atoms with van der Waals surface area (Å²) in [7, 11) is 0. The van der Waals surface area contributed by atoms with Crippen LogP contribution in [0.15, 0.2) is 48.5 Å². The van der Waals surface area contributed by atoms with Crippen molar-refractivity contribution >= 4 is 29.9 Å². The van der Waals surface area contributed by atoms with Crippen LogP contribution in [0.4, 0.5) is 0 Å². The highest BCUT2D eigenvalue weighted by molar-refractivity contribution is 6.30. The fraction of sp³-hybridized carbons (Fsp3) is 0.273. The summed E-state index contributed by atoms with van der Waals surface area (Å²) in [6.45, 7) is 2.12. The first-order valence-corrected chi connectivity index (χ1v) is 9.98. The van der Waals surface area contributed by atoms with Gasteiger partial charge in [-0.2, -0.15) is 5.10 Å². The Balaban J connectivity index is 0.00000205. The number of fused-ring (bicyclic) bond motifs is 2. The predicted octanol–water partition coefficient (Wildman–Crippen LogP) is 4.07. The van der Waals surface area contributed by atoms with Gasteiger partial charge in [0.15, 0.2) is 5.69 Å². The molecule has 0 spiro atoms. The van der Waals surface area contributed by atoms with E-state index in [0.717, 1.165) is 41.8 Å². The zero-order valence-corrected chi connectivity index (χ0v) is 17.4. The first-order chi connectivity index (χ1) is 13.7. The van der Waals surface area contributed by atoms with Gasteiger partial charge in [0.05, 0.1) is 6.04 Å². The normalized spacial score (nSPS) is 17.8. The minimum Gasteiger partial charge on any atom is -0.326 e. The van der Waals surface area contributed by atoms with Crippen LogP contribution in [0.5, 0.6) is 0 Å². The fourth-order valence-electron chi connectivity index (χ4n) is 4.28. The maximum Gasteiger partial charge on any atom is 0.275 e. The molecular formula is C22H22Cl2N4O. The van der Waals surface area contributed by atoms with Gasteiger partial charge in [-0.3, -0.25) is 9.89 Å². The van der Waals surface area contributed by atoms with Gasteiger partial charge in [-0.25, -0.2) is 0 Å². The molecule has 0 fully saturated rings. The molecule has 29 heavy (non-hydrogen) atoms. The highest BCUT2D eigenvalue weighted by Gasteiger charge is 2.34. The van der Waals surface area contributed by atoms with Crippen molar-refractivity contribution in [3.63, 3.8) is 0 Å². The van der Waals surface area contributed by atoms with E-state index in [1.807, 2.05) is 35.2 Å². The van der Waals surface area contributed by atoms with Crippen LogP contribution in [0, 0.1) is 0 Å². The minimum absolute atomic E-state index is 0. The van der Waals surface area contributed by atoms with Crippen LogP contribution in [0.25, 0.3) is 0 Å². The van der Waals surface area contributed by atoms with Crippen molar-refractivity contribution < 1.29 is 4.79 Å². The first-order valence-electron chi connectivity index (χ1n) is 9.61. The summed E-state index contributed by atoms with van der Waals surface area (Å²) in [5.74, 6) is -0.0271. The van der Waals surface area contributed by atoms with Gasteiger partial charge in [-0.15, -0.1) is 12.4 Å². The van der Waals surface area contributed by atoms with Crippen LogP contribution in [0.3, 0.4) is 0 Å². The molecule has 1 aromatic heterocycles. The molecule has 5 nitrogen and oxygen atoms in total. The largest absolute Gasteiger partial charge is 0.326 e. The average Bonchev–Trinajstić information content (AvgIpc) is 3.17. The third-order valence-corrected chi connectivity index (χ3v) is 5.99. The lowest BCUT2D eigenvalue weighted by Gasteiger charge is -2.37. The number of halogens is 2. The Hall–Kier alpha value is -2.34. The maximum atomic E-state index is 13.6. The minimum atomic E-state index is -0.0271. The van der Waals surface area contributed by atoms with E-state index in [4.69, 9.17) is 11.6 Å². The smallest absolute Gasteiger partial charge is 0.275 e. The number of benzene rings is 2. The number of hydrogen-bond donors (Lipinski definition) is 2. The van der Waals surface area contributed by atoms with Crippen molar-refractivity contribution in [1.82, 2.24) is 20.4 Å². The molecule has 2 N–H and O–H groups in total. The molecule has 7 heteroatoms. The van der Waals surface area contributed by atoms with E-state index in [9.17, 15) is 4.79 Å². The van der Waals surface area contributed by atoms with Gasteiger partial charge in [-0.05, 0) is 35.2 Å². The topological polar surface area (TPSA) is 61.0 Å². The summed E-state index contributed by atoms with van der Waals surface area (Å²) in [5.41, 5.74) is 6.09. The molecule has 1 unspecified atom stereocenters. The van der Waals surface area contributed by atoms with Crippen LogP contribution in [0.2, 0.25) is 5.02 Å². The quantitative estimate of drug-likeness (QED) is 0.646. The predicted molar refractivity (Wildman–Crippen MR) is 115 cm³/mol. The summed E-state index contributed by atoms with van der Waals surface area (Å²) in [6.07, 6.45) is 1.64. The van der Waals surface area contributed by atoms with Crippen LogP contribution in [-0.4, -0.2) is 27.5 Å². The highest BCUT2D eigenvalue weighted by Crippen LogP contribution is 2.35. The number of nitrogens with one attached hydrogen (secondary N) is 2. The summed E-state index contributed by atoms with van der Waals surface area (Å²) < 4.78 is 0. The van der Waals surface area contributed by atoms with Crippen molar-refractivity contribution in [2.24, 2.45) is 0 Å². The molecule has 2 aliphatic heterocycles. The van der Waals surface area contributed by atoms with Gasteiger partial charge in [0.2, 0.25) is 0 Å². The number of amides is 1. The molecule has 3 aromatic rings. The van der Waals surface area contributed by atoms with Gasteiger partial charge in [-0.1, -0.05) is 48.0 Å². The van der Waals surface area contributed by atoms with Gasteiger partial charge >= 0.3 is 0 Å². The molecule has 1 amide bonds. The molecule has 1 atom stereocenters. The molecule has 3 heterocycles. The second-order valence-electron chi connectivity index (χ2n) is 7.43. The summed E-state index contributed by atoms with van der Waals surface area (Å²) in [4.78, 5) is 15.5. The van der Waals surface area contributed by atoms with Gasteiger partial charge in [0.25, 0.3) is 5.91 Å². The van der Waals surface area contributed by atoms with Crippen molar-refractivity contribution in [2.75, 3.05) is 6.54 Å². The van der Waals surface area contributed by atoms with Crippen molar-refractivity contribution in [2.45, 2.75) is 32.0 Å².